The Morgan fingerprint density at radius 3 is 2.40 bits per heavy atom. The number of hydrogen-bond donors (Lipinski definition) is 1. The zero-order chi connectivity index (χ0) is 21.3. The standard InChI is InChI=1S/C21H20FN3O3S2/c1-30(27,28)17-8-4-14(5-9-17)10-23-20(26)21-24-18-12-25(13-19(18)29-21)11-15-2-6-16(22)7-3-15/h2-9H,10-13H2,1H3,(H,23,26). The van der Waals surface area contributed by atoms with Crippen LogP contribution in [-0.4, -0.2) is 30.5 Å². The molecule has 1 amide bonds. The maximum Gasteiger partial charge on any atom is 0.280 e. The number of nitrogens with one attached hydrogen (secondary N) is 1. The van der Waals surface area contributed by atoms with Gasteiger partial charge in [-0.15, -0.1) is 11.3 Å². The lowest BCUT2D eigenvalue weighted by Gasteiger charge is -2.14. The third-order valence-electron chi connectivity index (χ3n) is 4.84. The number of nitrogens with zero attached hydrogens (tertiary/aromatic N) is 2. The molecule has 2 heterocycles. The maximum absolute atomic E-state index is 13.0. The van der Waals surface area contributed by atoms with E-state index in [1.54, 1.807) is 24.3 Å². The van der Waals surface area contributed by atoms with Crippen LogP contribution in [0.5, 0.6) is 0 Å². The first-order valence-corrected chi connectivity index (χ1v) is 12.0. The lowest BCUT2D eigenvalue weighted by molar-refractivity contribution is 0.0950. The number of fused-ring (bicyclic) bond motifs is 1. The molecule has 30 heavy (non-hydrogen) atoms. The maximum atomic E-state index is 13.0. The molecule has 6 nitrogen and oxygen atoms in total. The predicted octanol–water partition coefficient (Wildman–Crippen LogP) is 3.13. The summed E-state index contributed by atoms with van der Waals surface area (Å²) in [6.07, 6.45) is 1.16. The summed E-state index contributed by atoms with van der Waals surface area (Å²) in [6.45, 7) is 2.37. The Morgan fingerprint density at radius 1 is 1.10 bits per heavy atom. The van der Waals surface area contributed by atoms with Crippen LogP contribution in [0.15, 0.2) is 53.4 Å². The first-order valence-electron chi connectivity index (χ1n) is 9.30. The fourth-order valence-corrected chi connectivity index (χ4v) is 4.93. The summed E-state index contributed by atoms with van der Waals surface area (Å²) in [5.41, 5.74) is 2.75. The molecule has 0 unspecified atom stereocenters. The number of benzene rings is 2. The largest absolute Gasteiger partial charge is 0.346 e. The number of rotatable bonds is 6. The van der Waals surface area contributed by atoms with Crippen molar-refractivity contribution in [2.45, 2.75) is 31.1 Å². The molecule has 2 aromatic carbocycles. The van der Waals surface area contributed by atoms with Crippen LogP contribution < -0.4 is 5.32 Å². The molecule has 0 saturated heterocycles. The molecule has 1 N–H and O–H groups in total. The molecule has 0 spiro atoms. The molecule has 0 fully saturated rings. The van der Waals surface area contributed by atoms with Crippen LogP contribution in [0.1, 0.15) is 31.5 Å². The van der Waals surface area contributed by atoms with Gasteiger partial charge in [0.1, 0.15) is 5.82 Å². The molecule has 1 aromatic heterocycles. The summed E-state index contributed by atoms with van der Waals surface area (Å²) in [5.74, 6) is -0.491. The third-order valence-corrected chi connectivity index (χ3v) is 7.05. The lowest BCUT2D eigenvalue weighted by atomic mass is 10.2. The van der Waals surface area contributed by atoms with Crippen LogP contribution in [0, 0.1) is 5.82 Å². The SMILES string of the molecule is CS(=O)(=O)c1ccc(CNC(=O)c2nc3c(s2)CN(Cc2ccc(F)cc2)C3)cc1. The minimum Gasteiger partial charge on any atom is -0.346 e. The number of aromatic nitrogens is 1. The van der Waals surface area contributed by atoms with Crippen LogP contribution in [0.25, 0.3) is 0 Å². The van der Waals surface area contributed by atoms with Crippen molar-refractivity contribution >= 4 is 27.1 Å². The molecule has 156 valence electrons. The summed E-state index contributed by atoms with van der Waals surface area (Å²) in [7, 11) is -3.24. The highest BCUT2D eigenvalue weighted by atomic mass is 32.2. The van der Waals surface area contributed by atoms with Gasteiger partial charge in [-0.05, 0) is 35.4 Å². The van der Waals surface area contributed by atoms with E-state index >= 15 is 0 Å². The Kier molecular flexibility index (Phi) is 5.68. The zero-order valence-electron chi connectivity index (χ0n) is 16.3. The number of carbonyl (C=O) groups is 1. The van der Waals surface area contributed by atoms with E-state index in [2.05, 4.69) is 15.2 Å². The normalized spacial score (nSPS) is 13.9. The Hall–Kier alpha value is -2.62. The summed E-state index contributed by atoms with van der Waals surface area (Å²) in [6, 6.07) is 12.9. The second kappa shape index (κ2) is 8.25. The molecule has 0 aliphatic carbocycles. The van der Waals surface area contributed by atoms with Gasteiger partial charge in [-0.1, -0.05) is 24.3 Å². The van der Waals surface area contributed by atoms with Gasteiger partial charge in [-0.2, -0.15) is 0 Å². The van der Waals surface area contributed by atoms with Crippen molar-refractivity contribution in [1.82, 2.24) is 15.2 Å². The number of halogens is 1. The van der Waals surface area contributed by atoms with Gasteiger partial charge in [0.25, 0.3) is 5.91 Å². The van der Waals surface area contributed by atoms with Gasteiger partial charge in [0.2, 0.25) is 0 Å². The highest BCUT2D eigenvalue weighted by molar-refractivity contribution is 7.90. The average Bonchev–Trinajstić information content (AvgIpc) is 3.26. The summed E-state index contributed by atoms with van der Waals surface area (Å²) >= 11 is 1.38. The van der Waals surface area contributed by atoms with Crippen LogP contribution in [0.3, 0.4) is 0 Å². The molecule has 4 rings (SSSR count). The summed E-state index contributed by atoms with van der Waals surface area (Å²) < 4.78 is 36.1. The first kappa shape index (κ1) is 20.6. The molecule has 0 bridgehead atoms. The quantitative estimate of drug-likeness (QED) is 0.631. The average molecular weight is 446 g/mol. The van der Waals surface area contributed by atoms with Gasteiger partial charge in [0.05, 0.1) is 10.6 Å². The summed E-state index contributed by atoms with van der Waals surface area (Å²) in [4.78, 5) is 20.4. The summed E-state index contributed by atoms with van der Waals surface area (Å²) in [5, 5.41) is 3.25. The second-order valence-corrected chi connectivity index (χ2v) is 10.4. The van der Waals surface area contributed by atoms with Gasteiger partial charge in [0, 0.05) is 37.3 Å². The third kappa shape index (κ3) is 4.75. The van der Waals surface area contributed by atoms with Crippen molar-refractivity contribution in [1.29, 1.82) is 0 Å². The molecule has 3 aromatic rings. The Morgan fingerprint density at radius 2 is 1.77 bits per heavy atom. The van der Waals surface area contributed by atoms with Gasteiger partial charge in [0.15, 0.2) is 14.8 Å². The topological polar surface area (TPSA) is 79.4 Å². The molecule has 1 aliphatic rings. The van der Waals surface area contributed by atoms with Crippen molar-refractivity contribution in [2.75, 3.05) is 6.26 Å². The fraction of sp³-hybridized carbons (Fsp3) is 0.238. The second-order valence-electron chi connectivity index (χ2n) is 7.26. The molecule has 0 atom stereocenters. The van der Waals surface area contributed by atoms with Crippen LogP contribution in [-0.2, 0) is 36.0 Å². The number of sulfone groups is 1. The Balaban J connectivity index is 1.32. The Labute approximate surface area is 178 Å². The minimum atomic E-state index is -3.24. The van der Waals surface area contributed by atoms with E-state index in [0.29, 0.717) is 31.2 Å². The van der Waals surface area contributed by atoms with Crippen LogP contribution >= 0.6 is 11.3 Å². The number of amides is 1. The van der Waals surface area contributed by atoms with E-state index in [1.807, 2.05) is 0 Å². The minimum absolute atomic E-state index is 0.244. The molecular formula is C21H20FN3O3S2. The monoisotopic (exact) mass is 445 g/mol. The number of carbonyl (C=O) groups excluding carboxylic acids is 1. The van der Waals surface area contributed by atoms with E-state index in [0.717, 1.165) is 28.0 Å². The van der Waals surface area contributed by atoms with E-state index < -0.39 is 9.84 Å². The van der Waals surface area contributed by atoms with Gasteiger partial charge in [-0.25, -0.2) is 17.8 Å². The predicted molar refractivity (Wildman–Crippen MR) is 112 cm³/mol. The number of hydrogen-bond acceptors (Lipinski definition) is 6. The van der Waals surface area contributed by atoms with Crippen molar-refractivity contribution < 1.29 is 17.6 Å². The highest BCUT2D eigenvalue weighted by Crippen LogP contribution is 2.29. The van der Waals surface area contributed by atoms with Crippen molar-refractivity contribution in [3.8, 4) is 0 Å². The van der Waals surface area contributed by atoms with Crippen LogP contribution in [0.2, 0.25) is 0 Å². The van der Waals surface area contributed by atoms with Crippen molar-refractivity contribution in [3.63, 3.8) is 0 Å². The van der Waals surface area contributed by atoms with Gasteiger partial charge in [-0.3, -0.25) is 9.69 Å². The number of thiazole rings is 1. The fourth-order valence-electron chi connectivity index (χ4n) is 3.27. The molecule has 1 aliphatic heterocycles. The van der Waals surface area contributed by atoms with Gasteiger partial charge < -0.3 is 5.32 Å². The first-order chi connectivity index (χ1) is 14.3. The van der Waals surface area contributed by atoms with Gasteiger partial charge >= 0.3 is 0 Å². The molecule has 9 heteroatoms. The smallest absolute Gasteiger partial charge is 0.280 e. The van der Waals surface area contributed by atoms with Crippen molar-refractivity contribution in [3.05, 3.63) is 81.1 Å². The highest BCUT2D eigenvalue weighted by Gasteiger charge is 2.25. The van der Waals surface area contributed by atoms with Crippen molar-refractivity contribution in [2.24, 2.45) is 0 Å². The van der Waals surface area contributed by atoms with E-state index in [1.165, 1.54) is 35.6 Å². The zero-order valence-corrected chi connectivity index (χ0v) is 17.9. The van der Waals surface area contributed by atoms with E-state index in [9.17, 15) is 17.6 Å². The Bertz CT molecular complexity index is 1150. The van der Waals surface area contributed by atoms with E-state index in [-0.39, 0.29) is 16.6 Å². The van der Waals surface area contributed by atoms with E-state index in [4.69, 9.17) is 0 Å². The molecule has 0 radical (unpaired) electrons. The van der Waals surface area contributed by atoms with Crippen LogP contribution in [0.4, 0.5) is 4.39 Å². The molecular weight excluding hydrogens is 425 g/mol. The molecule has 0 saturated carbocycles. The lowest BCUT2D eigenvalue weighted by Crippen LogP contribution is -2.23.